The molecule has 0 radical (unpaired) electrons. The minimum atomic E-state index is -4.47. The molecule has 0 saturated carbocycles. The topological polar surface area (TPSA) is 229 Å². The van der Waals surface area contributed by atoms with Crippen molar-refractivity contribution in [2.45, 2.75) is 157 Å². The fourth-order valence-corrected chi connectivity index (χ4v) is 19.8. The van der Waals surface area contributed by atoms with Gasteiger partial charge >= 0.3 is 21.7 Å². The zero-order valence-corrected chi connectivity index (χ0v) is 56.3. The standard InChI is InChI=1S/4C16H24O3S.Ti/c4*1-12-10-11-15(4,20(17,18)19)16(5,14(12,2)3)13-8-6-7-9-13;/h4*6-13H,1-5H3,(H,17,18,19);/q;;;;+4/p-4. The van der Waals surface area contributed by atoms with Gasteiger partial charge in [0, 0.05) is 45.3 Å². The first-order valence-electron chi connectivity index (χ1n) is 27.9. The third-order valence-electron chi connectivity index (χ3n) is 24.6. The molecule has 0 heterocycles. The van der Waals surface area contributed by atoms with Crippen LogP contribution in [0, 0.1) is 90.7 Å². The number of hydrogen-bond donors (Lipinski definition) is 0. The van der Waals surface area contributed by atoms with Gasteiger partial charge in [0.15, 0.2) is 0 Å². The molecule has 8 aliphatic rings. The second kappa shape index (κ2) is 22.5. The molecule has 0 spiro atoms. The maximum absolute atomic E-state index is 12.0. The Kier molecular flexibility index (Phi) is 19.6. The molecule has 0 aliphatic heterocycles. The van der Waals surface area contributed by atoms with Gasteiger partial charge < -0.3 is 18.2 Å². The van der Waals surface area contributed by atoms with Gasteiger partial charge in [0.25, 0.3) is 0 Å². The predicted octanol–water partition coefficient (Wildman–Crippen LogP) is 13.1. The van der Waals surface area contributed by atoms with Crippen molar-refractivity contribution in [1.82, 2.24) is 0 Å². The molecule has 0 fully saturated rings. The molecule has 8 rings (SSSR count). The Hall–Kier alpha value is -2.77. The van der Waals surface area contributed by atoms with Crippen LogP contribution in [0.1, 0.15) is 138 Å². The predicted molar refractivity (Wildman–Crippen MR) is 320 cm³/mol. The molecule has 0 aromatic rings. The van der Waals surface area contributed by atoms with Crippen LogP contribution in [-0.2, 0) is 62.2 Å². The van der Waals surface area contributed by atoms with E-state index < -0.39 is 81.1 Å². The van der Waals surface area contributed by atoms with Crippen LogP contribution in [0.2, 0.25) is 0 Å². The quantitative estimate of drug-likeness (QED) is 0.126. The first-order chi connectivity index (χ1) is 35.9. The number of allylic oxidation sites excluding steroid dienone is 20. The van der Waals surface area contributed by atoms with Crippen LogP contribution in [0.5, 0.6) is 0 Å². The zero-order chi connectivity index (χ0) is 61.6. The van der Waals surface area contributed by atoms with E-state index in [1.807, 2.05) is 149 Å². The summed E-state index contributed by atoms with van der Waals surface area (Å²) in [6, 6.07) is 0. The van der Waals surface area contributed by atoms with E-state index in [0.717, 1.165) is 0 Å². The monoisotopic (exact) mass is 1230 g/mol. The van der Waals surface area contributed by atoms with E-state index in [-0.39, 0.29) is 90.7 Å². The van der Waals surface area contributed by atoms with Crippen molar-refractivity contribution in [3.05, 3.63) is 146 Å². The van der Waals surface area contributed by atoms with E-state index in [9.17, 15) is 51.9 Å². The van der Waals surface area contributed by atoms with E-state index in [1.165, 1.54) is 0 Å². The molecule has 0 bridgehead atoms. The molecular formula is C64H92O12S4Ti. The molecule has 0 amide bonds. The van der Waals surface area contributed by atoms with Gasteiger partial charge in [-0.15, -0.1) is 0 Å². The SMILES string of the molecule is CC1C=CC(C)(S(=O)(=O)[O-])C(C)(C2C=CC=C2)C1(C)C.CC1C=CC(C)(S(=O)(=O)[O-])C(C)(C2C=CC=C2)C1(C)C.CC1C=CC(C)(S(=O)(=O)[O-])C(C)(C2C=CC=C2)C1(C)C.CC1C=CC(C)(S(=O)(=O)[O-])C(C)(C2C=CC=C2)C1(C)C.[Ti+4]. The second-order valence-electron chi connectivity index (χ2n) is 27.7. The van der Waals surface area contributed by atoms with E-state index >= 15 is 0 Å². The Morgan fingerprint density at radius 2 is 0.383 bits per heavy atom. The van der Waals surface area contributed by atoms with Gasteiger partial charge in [0.1, 0.15) is 40.5 Å². The Labute approximate surface area is 504 Å². The van der Waals surface area contributed by atoms with Crippen molar-refractivity contribution in [1.29, 1.82) is 0 Å². The average Bonchev–Trinajstić information content (AvgIpc) is 4.20. The molecule has 448 valence electrons. The molecule has 0 aromatic heterocycles. The molecule has 0 N–H and O–H groups in total. The second-order valence-corrected chi connectivity index (χ2v) is 34.7. The number of hydrogen-bond acceptors (Lipinski definition) is 12. The van der Waals surface area contributed by atoms with Crippen molar-refractivity contribution in [3.63, 3.8) is 0 Å². The summed E-state index contributed by atoms with van der Waals surface area (Å²) in [6.07, 6.45) is 45.3. The van der Waals surface area contributed by atoms with Crippen molar-refractivity contribution >= 4 is 40.5 Å². The van der Waals surface area contributed by atoms with Crippen LogP contribution >= 0.6 is 0 Å². The summed E-state index contributed by atoms with van der Waals surface area (Å²) in [5.74, 6) is 0.568. The molecular weight excluding hydrogens is 1140 g/mol. The molecule has 12 unspecified atom stereocenters. The van der Waals surface area contributed by atoms with Gasteiger partial charge in [-0.05, 0) is 73.0 Å². The van der Waals surface area contributed by atoms with Crippen molar-refractivity contribution in [2.75, 3.05) is 0 Å². The average molecular weight is 1230 g/mol. The van der Waals surface area contributed by atoms with Crippen LogP contribution in [0.15, 0.2) is 146 Å². The van der Waals surface area contributed by atoms with Gasteiger partial charge in [0.2, 0.25) is 0 Å². The van der Waals surface area contributed by atoms with Crippen LogP contribution in [0.3, 0.4) is 0 Å². The summed E-state index contributed by atoms with van der Waals surface area (Å²) in [5, 5.41) is 0. The van der Waals surface area contributed by atoms with E-state index in [2.05, 4.69) is 83.1 Å². The fourth-order valence-electron chi connectivity index (χ4n) is 15.1. The summed E-state index contributed by atoms with van der Waals surface area (Å²) in [6.45, 7) is 38.8. The minimum Gasteiger partial charge on any atom is -0.747 e. The smallest absolute Gasteiger partial charge is 0.747 e. The largest absolute Gasteiger partial charge is 4.00 e. The maximum atomic E-state index is 12.0. The first kappa shape index (κ1) is 70.7. The third kappa shape index (κ3) is 10.4. The molecule has 17 heteroatoms. The Bertz CT molecular complexity index is 2780. The molecule has 12 nitrogen and oxygen atoms in total. The van der Waals surface area contributed by atoms with E-state index in [0.29, 0.717) is 0 Å². The van der Waals surface area contributed by atoms with Gasteiger partial charge in [0.05, 0.1) is 19.0 Å². The Balaban J connectivity index is 0.000000231. The molecule has 0 aromatic carbocycles. The molecule has 12 atom stereocenters. The summed E-state index contributed by atoms with van der Waals surface area (Å²) in [7, 11) is -17.9. The zero-order valence-electron chi connectivity index (χ0n) is 51.5. The van der Waals surface area contributed by atoms with E-state index in [1.54, 1.807) is 52.0 Å². The van der Waals surface area contributed by atoms with Crippen LogP contribution < -0.4 is 0 Å². The molecule has 8 aliphatic carbocycles. The molecule has 81 heavy (non-hydrogen) atoms. The summed E-state index contributed by atoms with van der Waals surface area (Å²) in [5.41, 5.74) is -4.07. The van der Waals surface area contributed by atoms with Gasteiger partial charge in [-0.1, -0.05) is 257 Å². The first-order valence-corrected chi connectivity index (χ1v) is 33.6. The Morgan fingerprint density at radius 3 is 0.494 bits per heavy atom. The number of rotatable bonds is 8. The van der Waals surface area contributed by atoms with Crippen LogP contribution in [0.4, 0.5) is 0 Å². The van der Waals surface area contributed by atoms with Gasteiger partial charge in [-0.2, -0.15) is 0 Å². The summed E-state index contributed by atoms with van der Waals surface area (Å²) >= 11 is 0. The van der Waals surface area contributed by atoms with Crippen LogP contribution in [-0.4, -0.2) is 70.9 Å². The van der Waals surface area contributed by atoms with Crippen LogP contribution in [0.25, 0.3) is 0 Å². The summed E-state index contributed by atoms with van der Waals surface area (Å²) < 4.78 is 139. The van der Waals surface area contributed by atoms with Crippen molar-refractivity contribution in [2.24, 2.45) is 90.7 Å². The normalized spacial score (nSPS) is 39.9. The Morgan fingerprint density at radius 1 is 0.259 bits per heavy atom. The maximum Gasteiger partial charge on any atom is 4.00 e. The van der Waals surface area contributed by atoms with Crippen molar-refractivity contribution < 1.29 is 73.6 Å². The minimum absolute atomic E-state index is 0. The van der Waals surface area contributed by atoms with Gasteiger partial charge in [-0.3, -0.25) is 0 Å². The third-order valence-corrected chi connectivity index (χ3v) is 31.0. The van der Waals surface area contributed by atoms with Crippen molar-refractivity contribution in [3.8, 4) is 0 Å². The molecule has 0 saturated heterocycles. The van der Waals surface area contributed by atoms with Gasteiger partial charge in [-0.25, -0.2) is 33.7 Å². The van der Waals surface area contributed by atoms with E-state index in [4.69, 9.17) is 0 Å². The summed E-state index contributed by atoms with van der Waals surface area (Å²) in [4.78, 5) is 0. The fraction of sp³-hybridized carbons (Fsp3) is 0.625.